The maximum atomic E-state index is 11.2. The van der Waals surface area contributed by atoms with E-state index in [1.54, 1.807) is 4.68 Å². The van der Waals surface area contributed by atoms with Crippen LogP contribution in [0.4, 0.5) is 0 Å². The molecule has 4 aromatic rings. The Hall–Kier alpha value is -3.25. The van der Waals surface area contributed by atoms with Crippen LogP contribution in [0.15, 0.2) is 60.0 Å². The van der Waals surface area contributed by atoms with E-state index in [0.29, 0.717) is 5.13 Å². The van der Waals surface area contributed by atoms with Crippen molar-refractivity contribution in [3.8, 4) is 16.4 Å². The lowest BCUT2D eigenvalue weighted by Gasteiger charge is -1.99. The fraction of sp³-hybridized carbons (Fsp3) is 0.0500. The van der Waals surface area contributed by atoms with Gasteiger partial charge in [-0.1, -0.05) is 48.6 Å². The Kier molecular flexibility index (Phi) is 4.10. The van der Waals surface area contributed by atoms with Crippen LogP contribution in [0.3, 0.4) is 0 Å². The molecule has 0 saturated carbocycles. The largest absolute Gasteiger partial charge is 0.476 e. The minimum Gasteiger partial charge on any atom is -0.476 e. The lowest BCUT2D eigenvalue weighted by molar-refractivity contribution is 0.0691. The van der Waals surface area contributed by atoms with Gasteiger partial charge in [-0.25, -0.2) is 14.5 Å². The molecule has 0 fully saturated rings. The first-order valence-electron chi connectivity index (χ1n) is 8.07. The van der Waals surface area contributed by atoms with Crippen LogP contribution in [-0.2, 0) is 0 Å². The number of aromatic nitrogens is 3. The van der Waals surface area contributed by atoms with Gasteiger partial charge in [-0.3, -0.25) is 0 Å². The van der Waals surface area contributed by atoms with Gasteiger partial charge in [0, 0.05) is 16.3 Å². The Morgan fingerprint density at radius 2 is 2.00 bits per heavy atom. The van der Waals surface area contributed by atoms with Crippen LogP contribution in [0, 0.1) is 0 Å². The zero-order valence-electron chi connectivity index (χ0n) is 14.0. The number of benzene rings is 2. The Bertz CT molecular complexity index is 1130. The highest BCUT2D eigenvalue weighted by Crippen LogP contribution is 2.31. The minimum atomic E-state index is -1.04. The number of carbonyl (C=O) groups is 1. The molecule has 4 rings (SSSR count). The lowest BCUT2D eigenvalue weighted by atomic mass is 10.1. The average Bonchev–Trinajstić information content (AvgIpc) is 3.27. The third-order valence-corrected chi connectivity index (χ3v) is 4.82. The fourth-order valence-corrected chi connectivity index (χ4v) is 3.60. The Balaban J connectivity index is 1.98. The third-order valence-electron chi connectivity index (χ3n) is 4.00. The molecule has 0 aliphatic rings. The summed E-state index contributed by atoms with van der Waals surface area (Å²) in [6.07, 6.45) is 4.00. The van der Waals surface area contributed by atoms with Crippen molar-refractivity contribution in [2.45, 2.75) is 6.92 Å². The van der Waals surface area contributed by atoms with Gasteiger partial charge in [0.2, 0.25) is 5.13 Å². The number of carboxylic acid groups (broad SMARTS) is 1. The molecule has 128 valence electrons. The first kappa shape index (κ1) is 16.2. The topological polar surface area (TPSA) is 68.0 Å². The molecule has 0 amide bonds. The molecule has 0 unspecified atom stereocenters. The zero-order chi connectivity index (χ0) is 18.1. The summed E-state index contributed by atoms with van der Waals surface area (Å²) in [4.78, 5) is 15.4. The number of thiazole rings is 1. The van der Waals surface area contributed by atoms with E-state index in [0.717, 1.165) is 27.7 Å². The summed E-state index contributed by atoms with van der Waals surface area (Å²) in [6.45, 7) is 1.97. The van der Waals surface area contributed by atoms with Crippen molar-refractivity contribution in [1.29, 1.82) is 0 Å². The van der Waals surface area contributed by atoms with Gasteiger partial charge >= 0.3 is 5.97 Å². The molecule has 0 radical (unpaired) electrons. The van der Waals surface area contributed by atoms with Crippen molar-refractivity contribution in [3.63, 3.8) is 0 Å². The van der Waals surface area contributed by atoms with Gasteiger partial charge in [-0.2, -0.15) is 5.10 Å². The highest BCUT2D eigenvalue weighted by atomic mass is 32.1. The van der Waals surface area contributed by atoms with Crippen molar-refractivity contribution < 1.29 is 9.90 Å². The molecule has 5 nitrogen and oxygen atoms in total. The number of hydrogen-bond acceptors (Lipinski definition) is 4. The number of carboxylic acids is 1. The van der Waals surface area contributed by atoms with E-state index in [9.17, 15) is 4.79 Å². The first-order chi connectivity index (χ1) is 12.7. The van der Waals surface area contributed by atoms with Gasteiger partial charge in [0.05, 0.1) is 5.52 Å². The Morgan fingerprint density at radius 1 is 1.19 bits per heavy atom. The Morgan fingerprint density at radius 3 is 2.69 bits per heavy atom. The second kappa shape index (κ2) is 6.57. The van der Waals surface area contributed by atoms with Gasteiger partial charge in [-0.15, -0.1) is 11.3 Å². The quantitative estimate of drug-likeness (QED) is 0.562. The molecule has 0 spiro atoms. The van der Waals surface area contributed by atoms with E-state index < -0.39 is 5.97 Å². The average molecular weight is 361 g/mol. The predicted molar refractivity (Wildman–Crippen MR) is 104 cm³/mol. The molecule has 2 aromatic carbocycles. The van der Waals surface area contributed by atoms with E-state index in [4.69, 9.17) is 10.2 Å². The molecule has 0 atom stereocenters. The van der Waals surface area contributed by atoms with Crippen LogP contribution in [0.5, 0.6) is 0 Å². The van der Waals surface area contributed by atoms with Gasteiger partial charge in [-0.05, 0) is 24.6 Å². The van der Waals surface area contributed by atoms with Crippen LogP contribution in [0.2, 0.25) is 0 Å². The van der Waals surface area contributed by atoms with Gasteiger partial charge in [0.15, 0.2) is 5.69 Å². The molecule has 2 aromatic heterocycles. The third kappa shape index (κ3) is 2.80. The van der Waals surface area contributed by atoms with Crippen LogP contribution in [0.1, 0.15) is 23.0 Å². The number of aromatic carboxylic acids is 1. The van der Waals surface area contributed by atoms with Gasteiger partial charge in [0.25, 0.3) is 0 Å². The fourth-order valence-electron chi connectivity index (χ4n) is 2.84. The summed E-state index contributed by atoms with van der Waals surface area (Å²) in [5.74, 6) is -1.04. The molecular formula is C20H15N3O2S. The SMILES string of the molecule is C/C=C/c1ccc2c(-c3ccccc3)nn(-c3nc(C(=O)O)cs3)c2c1. The summed E-state index contributed by atoms with van der Waals surface area (Å²) in [6, 6.07) is 16.1. The number of allylic oxidation sites excluding steroid dienone is 1. The van der Waals surface area contributed by atoms with Crippen LogP contribution < -0.4 is 0 Å². The van der Waals surface area contributed by atoms with E-state index in [1.165, 1.54) is 16.7 Å². The minimum absolute atomic E-state index is 0.0273. The molecule has 6 heteroatoms. The molecule has 2 heterocycles. The molecular weight excluding hydrogens is 346 g/mol. The van der Waals surface area contributed by atoms with E-state index in [1.807, 2.05) is 67.6 Å². The summed E-state index contributed by atoms with van der Waals surface area (Å²) in [7, 11) is 0. The van der Waals surface area contributed by atoms with Crippen molar-refractivity contribution >= 4 is 34.3 Å². The standard InChI is InChI=1S/C20H15N3O2S/c1-2-6-13-9-10-15-17(11-13)23(20-21-16(12-26-20)19(24)25)22-18(15)14-7-4-3-5-8-14/h2-12H,1H3,(H,24,25)/b6-2+. The molecule has 1 N–H and O–H groups in total. The summed E-state index contributed by atoms with van der Waals surface area (Å²) in [5, 5.41) is 17.0. The zero-order valence-corrected chi connectivity index (χ0v) is 14.8. The molecule has 26 heavy (non-hydrogen) atoms. The summed E-state index contributed by atoms with van der Waals surface area (Å²) < 4.78 is 1.72. The summed E-state index contributed by atoms with van der Waals surface area (Å²) >= 11 is 1.26. The predicted octanol–water partition coefficient (Wildman–Crippen LogP) is 4.88. The van der Waals surface area contributed by atoms with Crippen molar-refractivity contribution in [3.05, 3.63) is 71.2 Å². The number of rotatable bonds is 4. The van der Waals surface area contributed by atoms with Gasteiger partial charge in [0.1, 0.15) is 5.69 Å². The van der Waals surface area contributed by atoms with E-state index in [-0.39, 0.29) is 5.69 Å². The highest BCUT2D eigenvalue weighted by Gasteiger charge is 2.17. The van der Waals surface area contributed by atoms with Crippen LogP contribution in [0.25, 0.3) is 33.4 Å². The van der Waals surface area contributed by atoms with Crippen molar-refractivity contribution in [1.82, 2.24) is 14.8 Å². The maximum absolute atomic E-state index is 11.2. The number of nitrogens with zero attached hydrogens (tertiary/aromatic N) is 3. The molecule has 0 aliphatic carbocycles. The highest BCUT2D eigenvalue weighted by molar-refractivity contribution is 7.12. The lowest BCUT2D eigenvalue weighted by Crippen LogP contribution is -2.00. The van der Waals surface area contributed by atoms with E-state index in [2.05, 4.69) is 4.98 Å². The van der Waals surface area contributed by atoms with Crippen molar-refractivity contribution in [2.24, 2.45) is 0 Å². The summed E-state index contributed by atoms with van der Waals surface area (Å²) in [5.41, 5.74) is 3.82. The van der Waals surface area contributed by atoms with Gasteiger partial charge < -0.3 is 5.11 Å². The Labute approximate surface area is 153 Å². The number of hydrogen-bond donors (Lipinski definition) is 1. The molecule has 0 saturated heterocycles. The van der Waals surface area contributed by atoms with Crippen molar-refractivity contribution in [2.75, 3.05) is 0 Å². The van der Waals surface area contributed by atoms with Crippen LogP contribution >= 0.6 is 11.3 Å². The molecule has 0 aliphatic heterocycles. The monoisotopic (exact) mass is 361 g/mol. The number of fused-ring (bicyclic) bond motifs is 1. The maximum Gasteiger partial charge on any atom is 0.355 e. The smallest absolute Gasteiger partial charge is 0.355 e. The van der Waals surface area contributed by atoms with Crippen LogP contribution in [-0.4, -0.2) is 25.8 Å². The second-order valence-electron chi connectivity index (χ2n) is 5.72. The normalized spacial score (nSPS) is 11.4. The van der Waals surface area contributed by atoms with E-state index >= 15 is 0 Å². The second-order valence-corrected chi connectivity index (χ2v) is 6.56. The first-order valence-corrected chi connectivity index (χ1v) is 8.95. The molecule has 0 bridgehead atoms.